The van der Waals surface area contributed by atoms with Crippen LogP contribution in [0.15, 0.2) is 42.5 Å². The van der Waals surface area contributed by atoms with Crippen LogP contribution in [0.5, 0.6) is 0 Å². The molecular formula is C19H22N4O3S. The summed E-state index contributed by atoms with van der Waals surface area (Å²) >= 11 is 0. The second-order valence-electron chi connectivity index (χ2n) is 7.47. The van der Waals surface area contributed by atoms with Gasteiger partial charge in [0.05, 0.1) is 17.3 Å². The Morgan fingerprint density at radius 2 is 1.67 bits per heavy atom. The van der Waals surface area contributed by atoms with Gasteiger partial charge in [-0.2, -0.15) is 0 Å². The number of H-pyrrole nitrogens is 1. The highest BCUT2D eigenvalue weighted by Gasteiger charge is 2.18. The lowest BCUT2D eigenvalue weighted by Gasteiger charge is -2.13. The van der Waals surface area contributed by atoms with E-state index in [9.17, 15) is 13.2 Å². The SMILES string of the molecule is CC(C)(C)c1nc2ccc(NC(=O)c3ccc(NS(C)(=O)=O)cc3)cc2[nH]1. The molecule has 27 heavy (non-hydrogen) atoms. The number of aromatic nitrogens is 2. The van der Waals surface area contributed by atoms with E-state index >= 15 is 0 Å². The maximum atomic E-state index is 12.4. The molecule has 0 aliphatic carbocycles. The zero-order valence-electron chi connectivity index (χ0n) is 15.6. The molecule has 0 saturated carbocycles. The number of sulfonamides is 1. The van der Waals surface area contributed by atoms with Crippen molar-refractivity contribution in [2.24, 2.45) is 0 Å². The van der Waals surface area contributed by atoms with E-state index in [0.29, 0.717) is 16.9 Å². The van der Waals surface area contributed by atoms with Gasteiger partial charge in [0.25, 0.3) is 5.91 Å². The van der Waals surface area contributed by atoms with Gasteiger partial charge in [-0.3, -0.25) is 9.52 Å². The molecule has 0 bridgehead atoms. The van der Waals surface area contributed by atoms with Crippen LogP contribution in [0.3, 0.4) is 0 Å². The third kappa shape index (κ3) is 4.65. The molecule has 0 fully saturated rings. The molecule has 7 nitrogen and oxygen atoms in total. The number of carbonyl (C=O) groups is 1. The second-order valence-corrected chi connectivity index (χ2v) is 9.22. The van der Waals surface area contributed by atoms with Gasteiger partial charge in [0.15, 0.2) is 0 Å². The Morgan fingerprint density at radius 3 is 2.26 bits per heavy atom. The Bertz CT molecular complexity index is 1090. The molecule has 8 heteroatoms. The molecule has 142 valence electrons. The summed E-state index contributed by atoms with van der Waals surface area (Å²) in [6.45, 7) is 6.24. The molecule has 0 saturated heterocycles. The van der Waals surface area contributed by atoms with Crippen molar-refractivity contribution in [1.29, 1.82) is 0 Å². The van der Waals surface area contributed by atoms with Crippen molar-refractivity contribution in [3.63, 3.8) is 0 Å². The Labute approximate surface area is 158 Å². The lowest BCUT2D eigenvalue weighted by atomic mass is 9.96. The van der Waals surface area contributed by atoms with E-state index in [0.717, 1.165) is 23.1 Å². The van der Waals surface area contributed by atoms with Crippen LogP contribution >= 0.6 is 0 Å². The van der Waals surface area contributed by atoms with Gasteiger partial charge in [-0.25, -0.2) is 13.4 Å². The molecule has 0 unspecified atom stereocenters. The van der Waals surface area contributed by atoms with Gasteiger partial charge in [0.1, 0.15) is 5.82 Å². The van der Waals surface area contributed by atoms with Crippen LogP contribution in [0, 0.1) is 0 Å². The molecule has 0 radical (unpaired) electrons. The van der Waals surface area contributed by atoms with Crippen LogP contribution in [0.2, 0.25) is 0 Å². The van der Waals surface area contributed by atoms with Gasteiger partial charge >= 0.3 is 0 Å². The number of carbonyl (C=O) groups excluding carboxylic acids is 1. The molecule has 3 aromatic rings. The van der Waals surface area contributed by atoms with E-state index in [1.54, 1.807) is 30.3 Å². The first-order chi connectivity index (χ1) is 12.5. The van der Waals surface area contributed by atoms with Crippen molar-refractivity contribution in [2.75, 3.05) is 16.3 Å². The maximum Gasteiger partial charge on any atom is 0.255 e. The summed E-state index contributed by atoms with van der Waals surface area (Å²) in [6.07, 6.45) is 1.07. The van der Waals surface area contributed by atoms with Crippen molar-refractivity contribution in [3.8, 4) is 0 Å². The predicted octanol–water partition coefficient (Wildman–Crippen LogP) is 3.48. The van der Waals surface area contributed by atoms with Crippen molar-refractivity contribution in [3.05, 3.63) is 53.9 Å². The van der Waals surface area contributed by atoms with E-state index in [-0.39, 0.29) is 11.3 Å². The van der Waals surface area contributed by atoms with Crippen LogP contribution < -0.4 is 10.0 Å². The maximum absolute atomic E-state index is 12.4. The van der Waals surface area contributed by atoms with Crippen LogP contribution in [0.1, 0.15) is 37.0 Å². The Hall–Kier alpha value is -2.87. The largest absolute Gasteiger partial charge is 0.341 e. The molecule has 0 atom stereocenters. The number of benzene rings is 2. The molecule has 0 spiro atoms. The lowest BCUT2D eigenvalue weighted by molar-refractivity contribution is 0.102. The first-order valence-electron chi connectivity index (χ1n) is 8.41. The van der Waals surface area contributed by atoms with Gasteiger partial charge in [-0.1, -0.05) is 20.8 Å². The number of rotatable bonds is 4. The molecule has 2 aromatic carbocycles. The fraction of sp³-hybridized carbons (Fsp3) is 0.263. The number of nitrogens with one attached hydrogen (secondary N) is 3. The number of anilines is 2. The number of hydrogen-bond donors (Lipinski definition) is 3. The number of hydrogen-bond acceptors (Lipinski definition) is 4. The third-order valence-electron chi connectivity index (χ3n) is 3.90. The number of fused-ring (bicyclic) bond motifs is 1. The van der Waals surface area contributed by atoms with Gasteiger partial charge < -0.3 is 10.3 Å². The fourth-order valence-electron chi connectivity index (χ4n) is 2.55. The predicted molar refractivity (Wildman–Crippen MR) is 108 cm³/mol. The molecule has 0 aliphatic rings. The normalized spacial score (nSPS) is 12.1. The summed E-state index contributed by atoms with van der Waals surface area (Å²) < 4.78 is 24.8. The molecule has 3 N–H and O–H groups in total. The Kier molecular flexibility index (Phi) is 4.69. The summed E-state index contributed by atoms with van der Waals surface area (Å²) in [4.78, 5) is 20.3. The zero-order valence-corrected chi connectivity index (χ0v) is 16.4. The molecule has 3 rings (SSSR count). The highest BCUT2D eigenvalue weighted by Crippen LogP contribution is 2.24. The highest BCUT2D eigenvalue weighted by molar-refractivity contribution is 7.92. The minimum atomic E-state index is -3.35. The molecule has 1 amide bonds. The topological polar surface area (TPSA) is 104 Å². The van der Waals surface area contributed by atoms with Crippen molar-refractivity contribution >= 4 is 38.3 Å². The molecule has 1 heterocycles. The first-order valence-corrected chi connectivity index (χ1v) is 10.3. The smallest absolute Gasteiger partial charge is 0.255 e. The summed E-state index contributed by atoms with van der Waals surface area (Å²) in [5.74, 6) is 0.603. The Morgan fingerprint density at radius 1 is 1.04 bits per heavy atom. The van der Waals surface area contributed by atoms with Crippen LogP contribution in [-0.2, 0) is 15.4 Å². The van der Waals surface area contributed by atoms with Crippen molar-refractivity contribution < 1.29 is 13.2 Å². The average Bonchev–Trinajstić information content (AvgIpc) is 2.97. The van der Waals surface area contributed by atoms with Crippen LogP contribution in [0.25, 0.3) is 11.0 Å². The monoisotopic (exact) mass is 386 g/mol. The standard InChI is InChI=1S/C19H22N4O3S/c1-19(2,3)18-21-15-10-9-14(11-16(15)22-18)20-17(24)12-5-7-13(8-6-12)23-27(4,25)26/h5-11,23H,1-4H3,(H,20,24)(H,21,22). The molecule has 0 aliphatic heterocycles. The summed E-state index contributed by atoms with van der Waals surface area (Å²) in [7, 11) is -3.35. The van der Waals surface area contributed by atoms with Crippen LogP contribution in [-0.4, -0.2) is 30.5 Å². The van der Waals surface area contributed by atoms with Gasteiger partial charge in [0, 0.05) is 22.4 Å². The minimum Gasteiger partial charge on any atom is -0.341 e. The van der Waals surface area contributed by atoms with E-state index in [1.165, 1.54) is 0 Å². The summed E-state index contributed by atoms with van der Waals surface area (Å²) in [5, 5.41) is 2.84. The number of imidazole rings is 1. The third-order valence-corrected chi connectivity index (χ3v) is 4.51. The van der Waals surface area contributed by atoms with Crippen LogP contribution in [0.4, 0.5) is 11.4 Å². The summed E-state index contributed by atoms with van der Waals surface area (Å²) in [5.41, 5.74) is 3.08. The van der Waals surface area contributed by atoms with E-state index in [1.807, 2.05) is 12.1 Å². The van der Waals surface area contributed by atoms with E-state index < -0.39 is 10.0 Å². The quantitative estimate of drug-likeness (QED) is 0.638. The minimum absolute atomic E-state index is 0.0931. The van der Waals surface area contributed by atoms with Crippen molar-refractivity contribution in [1.82, 2.24) is 9.97 Å². The highest BCUT2D eigenvalue weighted by atomic mass is 32.2. The van der Waals surface area contributed by atoms with Gasteiger partial charge in [-0.05, 0) is 42.5 Å². The number of aromatic amines is 1. The van der Waals surface area contributed by atoms with Gasteiger partial charge in [0.2, 0.25) is 10.0 Å². The number of nitrogens with zero attached hydrogens (tertiary/aromatic N) is 1. The zero-order chi connectivity index (χ0) is 19.8. The molecular weight excluding hydrogens is 364 g/mol. The number of amides is 1. The summed E-state index contributed by atoms with van der Waals surface area (Å²) in [6, 6.07) is 11.7. The fourth-order valence-corrected chi connectivity index (χ4v) is 3.11. The van der Waals surface area contributed by atoms with E-state index in [2.05, 4.69) is 40.8 Å². The average molecular weight is 386 g/mol. The van der Waals surface area contributed by atoms with E-state index in [4.69, 9.17) is 0 Å². The molecule has 1 aromatic heterocycles. The van der Waals surface area contributed by atoms with Gasteiger partial charge in [-0.15, -0.1) is 0 Å². The Balaban J connectivity index is 1.77. The first kappa shape index (κ1) is 18.9. The van der Waals surface area contributed by atoms with Crippen molar-refractivity contribution in [2.45, 2.75) is 26.2 Å². The second kappa shape index (κ2) is 6.70. The lowest BCUT2D eigenvalue weighted by Crippen LogP contribution is -2.13.